The lowest BCUT2D eigenvalue weighted by Crippen LogP contribution is -2.54. The summed E-state index contributed by atoms with van der Waals surface area (Å²) >= 11 is 0. The van der Waals surface area contributed by atoms with Crippen molar-refractivity contribution in [1.82, 2.24) is 10.2 Å². The predicted octanol–water partition coefficient (Wildman–Crippen LogP) is 0.590. The largest absolute Gasteiger partial charge is 0.491 e. The molecule has 8 nitrogen and oxygen atoms in total. The Hall–Kier alpha value is -2.87. The van der Waals surface area contributed by atoms with Gasteiger partial charge in [0.15, 0.2) is 0 Å². The van der Waals surface area contributed by atoms with Crippen molar-refractivity contribution < 1.29 is 24.2 Å². The number of nitrogens with two attached hydrogens (primary N) is 1. The predicted molar refractivity (Wildman–Crippen MR) is 110 cm³/mol. The normalized spacial score (nSPS) is 25.5. The van der Waals surface area contributed by atoms with Crippen LogP contribution in [0, 0.1) is 17.3 Å². The van der Waals surface area contributed by atoms with Gasteiger partial charge in [0.1, 0.15) is 17.9 Å². The van der Waals surface area contributed by atoms with Crippen molar-refractivity contribution in [3.63, 3.8) is 0 Å². The Morgan fingerprint density at radius 3 is 2.77 bits per heavy atom. The molecule has 1 aromatic rings. The Morgan fingerprint density at radius 1 is 1.40 bits per heavy atom. The Bertz CT molecular complexity index is 868. The van der Waals surface area contributed by atoms with Crippen LogP contribution >= 0.6 is 0 Å². The van der Waals surface area contributed by atoms with Crippen LogP contribution in [0.4, 0.5) is 0 Å². The third-order valence-electron chi connectivity index (χ3n) is 6.04. The van der Waals surface area contributed by atoms with E-state index in [-0.39, 0.29) is 37.8 Å². The molecule has 0 spiro atoms. The van der Waals surface area contributed by atoms with E-state index in [0.717, 1.165) is 18.4 Å². The standard InChI is InChI=1S/C22H29N3O5/c1-3-15-10-18(15)22(21(23)29)11-17(19(27)24-2)20(28)25(13-22)12-14-5-4-6-16(9-14)30-8-7-26/h4-6,9,11,15,18,26H,3,7-8,10,12-13H2,1-2H3,(H2,23,29)(H,24,27)/t15-,18-,22?/m1/s1. The average molecular weight is 415 g/mol. The van der Waals surface area contributed by atoms with Crippen LogP contribution in [0.3, 0.4) is 0 Å². The van der Waals surface area contributed by atoms with Crippen molar-refractivity contribution in [1.29, 1.82) is 0 Å². The molecule has 8 heteroatoms. The van der Waals surface area contributed by atoms with Crippen molar-refractivity contribution in [2.75, 3.05) is 26.8 Å². The lowest BCUT2D eigenvalue weighted by Gasteiger charge is -2.39. The number of primary amides is 1. The van der Waals surface area contributed by atoms with Gasteiger partial charge in [-0.2, -0.15) is 0 Å². The summed E-state index contributed by atoms with van der Waals surface area (Å²) in [6, 6.07) is 7.17. The number of aliphatic hydroxyl groups excluding tert-OH is 1. The number of amides is 3. The number of benzene rings is 1. The summed E-state index contributed by atoms with van der Waals surface area (Å²) in [7, 11) is 1.45. The van der Waals surface area contributed by atoms with Crippen molar-refractivity contribution in [3.05, 3.63) is 41.5 Å². The molecule has 1 aliphatic heterocycles. The summed E-state index contributed by atoms with van der Waals surface area (Å²) in [5.41, 5.74) is 5.54. The molecule has 2 aliphatic rings. The maximum absolute atomic E-state index is 13.1. The summed E-state index contributed by atoms with van der Waals surface area (Å²) in [6.07, 6.45) is 3.28. The SMILES string of the molecule is CC[C@@H]1C[C@H]1C1(C(N)=O)C=C(C(=O)NC)C(=O)N(Cc2cccc(OCCO)c2)C1. The number of carbonyl (C=O) groups is 3. The van der Waals surface area contributed by atoms with E-state index in [2.05, 4.69) is 12.2 Å². The van der Waals surface area contributed by atoms with Crippen LogP contribution in [-0.2, 0) is 20.9 Å². The lowest BCUT2D eigenvalue weighted by molar-refractivity contribution is -0.137. The minimum absolute atomic E-state index is 0.0227. The highest BCUT2D eigenvalue weighted by atomic mass is 16.5. The van der Waals surface area contributed by atoms with Gasteiger partial charge in [-0.3, -0.25) is 14.4 Å². The molecule has 0 saturated heterocycles. The number of carbonyl (C=O) groups excluding carboxylic acids is 3. The second-order valence-corrected chi connectivity index (χ2v) is 7.93. The first-order valence-corrected chi connectivity index (χ1v) is 10.2. The highest BCUT2D eigenvalue weighted by Crippen LogP contribution is 2.55. The van der Waals surface area contributed by atoms with E-state index < -0.39 is 23.1 Å². The van der Waals surface area contributed by atoms with Crippen molar-refractivity contribution in [3.8, 4) is 5.75 Å². The van der Waals surface area contributed by atoms with Gasteiger partial charge in [-0.25, -0.2) is 0 Å². The van der Waals surface area contributed by atoms with Crippen molar-refractivity contribution in [2.45, 2.75) is 26.3 Å². The number of aliphatic hydroxyl groups is 1. The molecule has 3 atom stereocenters. The van der Waals surface area contributed by atoms with Crippen LogP contribution in [0.25, 0.3) is 0 Å². The molecule has 30 heavy (non-hydrogen) atoms. The number of likely N-dealkylation sites (N-methyl/N-ethyl adjacent to an activating group) is 1. The van der Waals surface area contributed by atoms with Crippen LogP contribution in [0.1, 0.15) is 25.3 Å². The minimum Gasteiger partial charge on any atom is -0.491 e. The zero-order valence-corrected chi connectivity index (χ0v) is 17.4. The summed E-state index contributed by atoms with van der Waals surface area (Å²) < 4.78 is 5.44. The maximum Gasteiger partial charge on any atom is 0.259 e. The lowest BCUT2D eigenvalue weighted by atomic mass is 9.75. The monoisotopic (exact) mass is 415 g/mol. The fraction of sp³-hybridized carbons (Fsp3) is 0.500. The molecule has 0 aromatic heterocycles. The first-order chi connectivity index (χ1) is 14.4. The van der Waals surface area contributed by atoms with Gasteiger partial charge < -0.3 is 25.8 Å². The summed E-state index contributed by atoms with van der Waals surface area (Å²) in [4.78, 5) is 39.6. The second-order valence-electron chi connectivity index (χ2n) is 7.93. The first kappa shape index (κ1) is 21.8. The maximum atomic E-state index is 13.1. The van der Waals surface area contributed by atoms with Gasteiger partial charge in [-0.15, -0.1) is 0 Å². The molecule has 4 N–H and O–H groups in total. The van der Waals surface area contributed by atoms with Gasteiger partial charge in [0.2, 0.25) is 5.91 Å². The quantitative estimate of drug-likeness (QED) is 0.510. The minimum atomic E-state index is -1.05. The fourth-order valence-electron chi connectivity index (χ4n) is 4.35. The Balaban J connectivity index is 1.93. The van der Waals surface area contributed by atoms with Gasteiger partial charge in [-0.1, -0.05) is 25.5 Å². The van der Waals surface area contributed by atoms with E-state index in [1.54, 1.807) is 18.2 Å². The highest BCUT2D eigenvalue weighted by Gasteiger charge is 2.57. The molecule has 1 aliphatic carbocycles. The van der Waals surface area contributed by atoms with Gasteiger partial charge in [0.05, 0.1) is 12.0 Å². The van der Waals surface area contributed by atoms with Crippen LogP contribution < -0.4 is 15.8 Å². The average Bonchev–Trinajstić information content (AvgIpc) is 3.54. The summed E-state index contributed by atoms with van der Waals surface area (Å²) in [6.45, 7) is 2.48. The van der Waals surface area contributed by atoms with E-state index in [1.807, 2.05) is 6.07 Å². The van der Waals surface area contributed by atoms with E-state index in [1.165, 1.54) is 18.0 Å². The fourth-order valence-corrected chi connectivity index (χ4v) is 4.35. The van der Waals surface area contributed by atoms with Gasteiger partial charge >= 0.3 is 0 Å². The van der Waals surface area contributed by atoms with E-state index in [4.69, 9.17) is 15.6 Å². The molecule has 1 aromatic carbocycles. The third-order valence-corrected chi connectivity index (χ3v) is 6.04. The Morgan fingerprint density at radius 2 is 2.17 bits per heavy atom. The molecular formula is C22H29N3O5. The molecular weight excluding hydrogens is 386 g/mol. The second kappa shape index (κ2) is 8.87. The van der Waals surface area contributed by atoms with Crippen molar-refractivity contribution >= 4 is 17.7 Å². The van der Waals surface area contributed by atoms with Crippen LogP contribution in [0.15, 0.2) is 35.9 Å². The molecule has 3 amide bonds. The zero-order valence-electron chi connectivity index (χ0n) is 17.4. The van der Waals surface area contributed by atoms with E-state index in [0.29, 0.717) is 11.7 Å². The van der Waals surface area contributed by atoms with Gasteiger partial charge in [0, 0.05) is 20.1 Å². The smallest absolute Gasteiger partial charge is 0.259 e. The topological polar surface area (TPSA) is 122 Å². The number of nitrogens with one attached hydrogen (secondary N) is 1. The van der Waals surface area contributed by atoms with Crippen LogP contribution in [-0.4, -0.2) is 54.5 Å². The number of rotatable bonds is 9. The van der Waals surface area contributed by atoms with Gasteiger partial charge in [-0.05, 0) is 42.0 Å². The van der Waals surface area contributed by atoms with Gasteiger partial charge in [0.25, 0.3) is 11.8 Å². The Labute approximate surface area is 176 Å². The molecule has 3 rings (SSSR count). The molecule has 1 heterocycles. The molecule has 1 unspecified atom stereocenters. The van der Waals surface area contributed by atoms with E-state index >= 15 is 0 Å². The summed E-state index contributed by atoms with van der Waals surface area (Å²) in [5, 5.41) is 11.4. The Kier molecular flexibility index (Phi) is 6.45. The number of ether oxygens (including phenoxy) is 1. The molecule has 1 fully saturated rings. The van der Waals surface area contributed by atoms with Crippen molar-refractivity contribution in [2.24, 2.45) is 23.0 Å². The number of nitrogens with zero attached hydrogens (tertiary/aromatic N) is 1. The molecule has 162 valence electrons. The zero-order chi connectivity index (χ0) is 21.9. The highest BCUT2D eigenvalue weighted by molar-refractivity contribution is 6.19. The van der Waals surface area contributed by atoms with Crippen LogP contribution in [0.2, 0.25) is 0 Å². The first-order valence-electron chi connectivity index (χ1n) is 10.2. The third kappa shape index (κ3) is 4.18. The summed E-state index contributed by atoms with van der Waals surface area (Å²) in [5.74, 6) is -0.519. The van der Waals surface area contributed by atoms with E-state index in [9.17, 15) is 14.4 Å². The molecule has 1 saturated carbocycles. The number of hydrogen-bond acceptors (Lipinski definition) is 5. The number of hydrogen-bond donors (Lipinski definition) is 3. The molecule has 0 radical (unpaired) electrons. The molecule has 0 bridgehead atoms. The van der Waals surface area contributed by atoms with Crippen LogP contribution in [0.5, 0.6) is 5.75 Å².